The second-order valence-corrected chi connectivity index (χ2v) is 4.53. The Bertz CT molecular complexity index is 507. The molecule has 0 heterocycles. The van der Waals surface area contributed by atoms with Crippen molar-refractivity contribution < 1.29 is 22.4 Å². The minimum absolute atomic E-state index is 0. The molecule has 1 fully saturated rings. The predicted molar refractivity (Wildman–Crippen MR) is 71.1 cm³/mol. The summed E-state index contributed by atoms with van der Waals surface area (Å²) in [6.45, 7) is 0. The number of carbonyl (C=O) groups is 1. The van der Waals surface area contributed by atoms with E-state index in [0.717, 1.165) is 12.5 Å². The highest BCUT2D eigenvalue weighted by atomic mass is 79.9. The van der Waals surface area contributed by atoms with Crippen LogP contribution in [-0.2, 0) is 11.0 Å². The zero-order valence-electron chi connectivity index (χ0n) is 10.2. The van der Waals surface area contributed by atoms with Crippen LogP contribution in [0.4, 0.5) is 23.2 Å². The van der Waals surface area contributed by atoms with Gasteiger partial charge in [0.25, 0.3) is 0 Å². The molecule has 1 saturated carbocycles. The van der Waals surface area contributed by atoms with Gasteiger partial charge < -0.3 is 11.1 Å². The van der Waals surface area contributed by atoms with Gasteiger partial charge in [-0.05, 0) is 31.0 Å². The Morgan fingerprint density at radius 3 is 2.40 bits per heavy atom. The molecule has 0 aliphatic heterocycles. The third kappa shape index (κ3) is 3.49. The number of rotatable bonds is 2. The predicted octanol–water partition coefficient (Wildman–Crippen LogP) is 3.10. The first-order valence-corrected chi connectivity index (χ1v) is 5.72. The van der Waals surface area contributed by atoms with Gasteiger partial charge in [0, 0.05) is 11.7 Å². The van der Waals surface area contributed by atoms with Crippen LogP contribution in [0.1, 0.15) is 18.4 Å². The van der Waals surface area contributed by atoms with E-state index in [1.54, 1.807) is 0 Å². The molecule has 0 bridgehead atoms. The van der Waals surface area contributed by atoms with Gasteiger partial charge in [-0.25, -0.2) is 4.39 Å². The lowest BCUT2D eigenvalue weighted by Gasteiger charge is -2.32. The summed E-state index contributed by atoms with van der Waals surface area (Å²) >= 11 is 0. The highest BCUT2D eigenvalue weighted by Gasteiger charge is 2.36. The molecular weight excluding hydrogens is 344 g/mol. The number of carbonyl (C=O) groups excluding carboxylic acids is 1. The Kier molecular flexibility index (Phi) is 5.15. The maximum atomic E-state index is 13.0. The van der Waals surface area contributed by atoms with E-state index >= 15 is 0 Å². The third-order valence-corrected chi connectivity index (χ3v) is 3.20. The Morgan fingerprint density at radius 1 is 1.30 bits per heavy atom. The normalized spacial score (nSPS) is 21.6. The molecule has 20 heavy (non-hydrogen) atoms. The minimum atomic E-state index is -4.79. The largest absolute Gasteiger partial charge is 0.419 e. The van der Waals surface area contributed by atoms with Gasteiger partial charge in [0.15, 0.2) is 0 Å². The summed E-state index contributed by atoms with van der Waals surface area (Å²) in [5, 5.41) is 2.33. The van der Waals surface area contributed by atoms with Crippen molar-refractivity contribution in [1.82, 2.24) is 0 Å². The van der Waals surface area contributed by atoms with Crippen LogP contribution in [0.3, 0.4) is 0 Å². The van der Waals surface area contributed by atoms with E-state index in [0.29, 0.717) is 18.6 Å². The van der Waals surface area contributed by atoms with Gasteiger partial charge in [-0.3, -0.25) is 4.79 Å². The number of benzene rings is 1. The molecule has 2 atom stereocenters. The number of hydrogen-bond donors (Lipinski definition) is 2. The summed E-state index contributed by atoms with van der Waals surface area (Å²) in [6, 6.07) is 2.09. The van der Waals surface area contributed by atoms with E-state index in [9.17, 15) is 22.4 Å². The number of alkyl halides is 3. The molecule has 0 radical (unpaired) electrons. The summed E-state index contributed by atoms with van der Waals surface area (Å²) in [5.41, 5.74) is 4.11. The van der Waals surface area contributed by atoms with Crippen LogP contribution in [0.2, 0.25) is 0 Å². The zero-order valence-corrected chi connectivity index (χ0v) is 11.9. The van der Waals surface area contributed by atoms with E-state index in [4.69, 9.17) is 5.73 Å². The van der Waals surface area contributed by atoms with Crippen molar-refractivity contribution >= 4 is 28.6 Å². The van der Waals surface area contributed by atoms with Crippen molar-refractivity contribution in [1.29, 1.82) is 0 Å². The quantitative estimate of drug-likeness (QED) is 0.800. The first-order chi connectivity index (χ1) is 8.79. The Labute approximate surface area is 123 Å². The van der Waals surface area contributed by atoms with E-state index in [-0.39, 0.29) is 34.6 Å². The van der Waals surface area contributed by atoms with Crippen LogP contribution >= 0.6 is 17.0 Å². The SMILES string of the molecule is Br.N[C@@H]1CC[C@@H]1C(=O)Nc1ccc(F)c(C(F)(F)F)c1. The fourth-order valence-electron chi connectivity index (χ4n) is 1.91. The van der Waals surface area contributed by atoms with Gasteiger partial charge in [0.05, 0.1) is 11.5 Å². The summed E-state index contributed by atoms with van der Waals surface area (Å²) in [7, 11) is 0. The average molecular weight is 357 g/mol. The maximum absolute atomic E-state index is 13.0. The monoisotopic (exact) mass is 356 g/mol. The number of halogens is 5. The van der Waals surface area contributed by atoms with E-state index in [2.05, 4.69) is 5.32 Å². The molecule has 8 heteroatoms. The molecule has 1 aliphatic carbocycles. The molecule has 1 aromatic carbocycles. The van der Waals surface area contributed by atoms with Crippen molar-refractivity contribution in [2.75, 3.05) is 5.32 Å². The third-order valence-electron chi connectivity index (χ3n) is 3.20. The second-order valence-electron chi connectivity index (χ2n) is 4.53. The van der Waals surface area contributed by atoms with Crippen LogP contribution in [0, 0.1) is 11.7 Å². The van der Waals surface area contributed by atoms with Crippen LogP contribution in [0.25, 0.3) is 0 Å². The molecule has 3 nitrogen and oxygen atoms in total. The first kappa shape index (κ1) is 16.9. The maximum Gasteiger partial charge on any atom is 0.419 e. The lowest BCUT2D eigenvalue weighted by atomic mass is 9.79. The molecule has 0 saturated heterocycles. The molecule has 1 amide bonds. The number of anilines is 1. The van der Waals surface area contributed by atoms with Crippen molar-refractivity contribution in [3.8, 4) is 0 Å². The number of amides is 1. The lowest BCUT2D eigenvalue weighted by molar-refractivity contribution is -0.140. The van der Waals surface area contributed by atoms with Crippen molar-refractivity contribution in [3.05, 3.63) is 29.6 Å². The van der Waals surface area contributed by atoms with Crippen LogP contribution in [0.5, 0.6) is 0 Å². The Morgan fingerprint density at radius 2 is 1.95 bits per heavy atom. The molecule has 0 aromatic heterocycles. The summed E-state index contributed by atoms with van der Waals surface area (Å²) < 4.78 is 50.5. The van der Waals surface area contributed by atoms with Gasteiger partial charge in [0.1, 0.15) is 5.82 Å². The van der Waals surface area contributed by atoms with Gasteiger partial charge in [-0.1, -0.05) is 0 Å². The lowest BCUT2D eigenvalue weighted by Crippen LogP contribution is -2.46. The minimum Gasteiger partial charge on any atom is -0.327 e. The molecular formula is C12H13BrF4N2O. The number of nitrogens with two attached hydrogens (primary N) is 1. The highest BCUT2D eigenvalue weighted by Crippen LogP contribution is 2.33. The average Bonchev–Trinajstić information content (AvgIpc) is 2.28. The van der Waals surface area contributed by atoms with Crippen molar-refractivity contribution in [3.63, 3.8) is 0 Å². The Hall–Kier alpha value is -1.15. The molecule has 0 unspecified atom stereocenters. The van der Waals surface area contributed by atoms with Crippen molar-refractivity contribution in [2.45, 2.75) is 25.1 Å². The number of hydrogen-bond acceptors (Lipinski definition) is 2. The van der Waals surface area contributed by atoms with Gasteiger partial charge in [0.2, 0.25) is 5.91 Å². The second kappa shape index (κ2) is 6.09. The number of nitrogens with one attached hydrogen (secondary N) is 1. The summed E-state index contributed by atoms with van der Waals surface area (Å²) in [6.07, 6.45) is -3.46. The van der Waals surface area contributed by atoms with E-state index in [1.807, 2.05) is 0 Å². The zero-order chi connectivity index (χ0) is 14.2. The standard InChI is InChI=1S/C12H12F4N2O.BrH/c13-9-3-1-6(5-8(9)12(14,15)16)18-11(19)7-2-4-10(7)17;/h1,3,5,7,10H,2,4,17H2,(H,18,19);1H/t7-,10+;/m0./s1. The van der Waals surface area contributed by atoms with Gasteiger partial charge in [-0.15, -0.1) is 17.0 Å². The molecule has 0 spiro atoms. The molecule has 3 N–H and O–H groups in total. The fraction of sp³-hybridized carbons (Fsp3) is 0.417. The molecule has 2 rings (SSSR count). The highest BCUT2D eigenvalue weighted by molar-refractivity contribution is 8.93. The topological polar surface area (TPSA) is 55.1 Å². The summed E-state index contributed by atoms with van der Waals surface area (Å²) in [5.74, 6) is -2.19. The van der Waals surface area contributed by atoms with Crippen LogP contribution in [0.15, 0.2) is 18.2 Å². The molecule has 1 aromatic rings. The summed E-state index contributed by atoms with van der Waals surface area (Å²) in [4.78, 5) is 11.7. The molecule has 112 valence electrons. The van der Waals surface area contributed by atoms with Gasteiger partial charge in [-0.2, -0.15) is 13.2 Å². The Balaban J connectivity index is 0.00000200. The van der Waals surface area contributed by atoms with Gasteiger partial charge >= 0.3 is 6.18 Å². The smallest absolute Gasteiger partial charge is 0.327 e. The van der Waals surface area contributed by atoms with Crippen LogP contribution < -0.4 is 11.1 Å². The first-order valence-electron chi connectivity index (χ1n) is 5.72. The van der Waals surface area contributed by atoms with Crippen molar-refractivity contribution in [2.24, 2.45) is 11.7 Å². The fourth-order valence-corrected chi connectivity index (χ4v) is 1.91. The van der Waals surface area contributed by atoms with E-state index < -0.39 is 23.5 Å². The van der Waals surface area contributed by atoms with Crippen LogP contribution in [-0.4, -0.2) is 11.9 Å². The molecule has 1 aliphatic rings. The van der Waals surface area contributed by atoms with E-state index in [1.165, 1.54) is 0 Å².